The van der Waals surface area contributed by atoms with Crippen molar-refractivity contribution in [3.63, 3.8) is 0 Å². The zero-order chi connectivity index (χ0) is 33.5. The van der Waals surface area contributed by atoms with Crippen molar-refractivity contribution in [2.24, 2.45) is 0 Å². The predicted molar refractivity (Wildman–Crippen MR) is 205 cm³/mol. The Bertz CT molecular complexity index is 3100. The van der Waals surface area contributed by atoms with Crippen LogP contribution in [0, 0.1) is 0 Å². The second-order valence-electron chi connectivity index (χ2n) is 12.8. The Kier molecular flexibility index (Phi) is 5.86. The van der Waals surface area contributed by atoms with Crippen LogP contribution in [0.15, 0.2) is 167 Å². The van der Waals surface area contributed by atoms with Gasteiger partial charge in [-0.25, -0.2) is 15.0 Å². The van der Waals surface area contributed by atoms with Crippen LogP contribution in [0.4, 0.5) is 0 Å². The van der Waals surface area contributed by atoms with Gasteiger partial charge in [0.2, 0.25) is 0 Å². The maximum absolute atomic E-state index is 6.77. The SMILES string of the molecule is c1ccc(-c2nc(-c3ccc4oc5ccccc5c4c3)nc(-c3cccc4oc5c(-n6c7ccccc7c7ccccc76)cccc5c34)n2)cc1. The molecule has 4 aromatic heterocycles. The molecule has 0 saturated carbocycles. The van der Waals surface area contributed by atoms with E-state index >= 15 is 0 Å². The molecule has 0 saturated heterocycles. The molecule has 6 nitrogen and oxygen atoms in total. The van der Waals surface area contributed by atoms with Gasteiger partial charge in [-0.3, -0.25) is 0 Å². The van der Waals surface area contributed by atoms with Gasteiger partial charge in [0.1, 0.15) is 16.7 Å². The molecule has 4 heterocycles. The minimum Gasteiger partial charge on any atom is -0.456 e. The summed E-state index contributed by atoms with van der Waals surface area (Å²) < 4.78 is 15.2. The Hall–Kier alpha value is -7.05. The van der Waals surface area contributed by atoms with Crippen LogP contribution in [0.1, 0.15) is 0 Å². The third kappa shape index (κ3) is 4.20. The minimum atomic E-state index is 0.576. The number of hydrogen-bond acceptors (Lipinski definition) is 5. The van der Waals surface area contributed by atoms with Crippen molar-refractivity contribution >= 4 is 65.7 Å². The molecular weight excluding hydrogens is 629 g/mol. The Morgan fingerprint density at radius 1 is 0.392 bits per heavy atom. The number of fused-ring (bicyclic) bond motifs is 9. The van der Waals surface area contributed by atoms with Gasteiger partial charge in [0, 0.05) is 49.0 Å². The summed E-state index contributed by atoms with van der Waals surface area (Å²) in [5, 5.41) is 6.44. The lowest BCUT2D eigenvalue weighted by molar-refractivity contribution is 0.666. The first-order valence-corrected chi connectivity index (χ1v) is 16.9. The summed E-state index contributed by atoms with van der Waals surface area (Å²) in [4.78, 5) is 15.3. The van der Waals surface area contributed by atoms with Crippen molar-refractivity contribution in [2.75, 3.05) is 0 Å². The van der Waals surface area contributed by atoms with E-state index in [-0.39, 0.29) is 0 Å². The van der Waals surface area contributed by atoms with Crippen molar-refractivity contribution in [1.29, 1.82) is 0 Å². The molecule has 51 heavy (non-hydrogen) atoms. The van der Waals surface area contributed by atoms with Gasteiger partial charge in [0.05, 0.1) is 16.7 Å². The van der Waals surface area contributed by atoms with Gasteiger partial charge in [-0.1, -0.05) is 109 Å². The molecule has 11 rings (SSSR count). The molecule has 0 aliphatic heterocycles. The Morgan fingerprint density at radius 3 is 1.80 bits per heavy atom. The molecule has 0 unspecified atom stereocenters. The van der Waals surface area contributed by atoms with Crippen LogP contribution < -0.4 is 0 Å². The third-order valence-corrected chi connectivity index (χ3v) is 9.87. The van der Waals surface area contributed by atoms with Gasteiger partial charge in [0.15, 0.2) is 23.1 Å². The van der Waals surface area contributed by atoms with Crippen LogP contribution in [0.2, 0.25) is 0 Å². The number of aromatic nitrogens is 4. The summed E-state index contributed by atoms with van der Waals surface area (Å²) in [7, 11) is 0. The smallest absolute Gasteiger partial charge is 0.164 e. The van der Waals surface area contributed by atoms with Gasteiger partial charge in [-0.05, 0) is 48.5 Å². The van der Waals surface area contributed by atoms with E-state index in [1.54, 1.807) is 0 Å². The van der Waals surface area contributed by atoms with Gasteiger partial charge in [-0.2, -0.15) is 0 Å². The van der Waals surface area contributed by atoms with E-state index in [0.29, 0.717) is 17.5 Å². The summed E-state index contributed by atoms with van der Waals surface area (Å²) in [5.41, 5.74) is 9.16. The van der Waals surface area contributed by atoms with Crippen LogP contribution in [0.5, 0.6) is 0 Å². The summed E-state index contributed by atoms with van der Waals surface area (Å²) in [6.45, 7) is 0. The van der Waals surface area contributed by atoms with Gasteiger partial charge in [0.25, 0.3) is 0 Å². The fourth-order valence-electron chi connectivity index (χ4n) is 7.58. The zero-order valence-corrected chi connectivity index (χ0v) is 27.1. The van der Waals surface area contributed by atoms with Gasteiger partial charge >= 0.3 is 0 Å². The number of nitrogens with zero attached hydrogens (tertiary/aromatic N) is 4. The molecule has 0 aliphatic rings. The van der Waals surface area contributed by atoms with Crippen LogP contribution >= 0.6 is 0 Å². The average molecular weight is 655 g/mol. The van der Waals surface area contributed by atoms with Crippen molar-refractivity contribution in [2.45, 2.75) is 0 Å². The van der Waals surface area contributed by atoms with Crippen molar-refractivity contribution in [1.82, 2.24) is 19.5 Å². The fraction of sp³-hybridized carbons (Fsp3) is 0. The maximum Gasteiger partial charge on any atom is 0.164 e. The first-order chi connectivity index (χ1) is 25.3. The quantitative estimate of drug-likeness (QED) is 0.189. The van der Waals surface area contributed by atoms with E-state index in [9.17, 15) is 0 Å². The molecule has 0 radical (unpaired) electrons. The normalized spacial score (nSPS) is 11.9. The van der Waals surface area contributed by atoms with Gasteiger partial charge < -0.3 is 13.4 Å². The van der Waals surface area contributed by atoms with Crippen molar-refractivity contribution < 1.29 is 8.83 Å². The van der Waals surface area contributed by atoms with Gasteiger partial charge in [-0.15, -0.1) is 0 Å². The average Bonchev–Trinajstić information content (AvgIpc) is 3.87. The van der Waals surface area contributed by atoms with E-state index in [2.05, 4.69) is 89.5 Å². The lowest BCUT2D eigenvalue weighted by Crippen LogP contribution is -2.00. The standard InChI is InChI=1S/C45H26N4O2/c1-2-12-27(13-3-1)43-46-44(28-24-25-39-34(26-28)31-16-6-9-22-38(31)50-39)48-45(47-43)33-18-11-23-40-41(33)32-17-10-21-37(42(32)51-40)49-35-19-7-4-14-29(35)30-15-5-8-20-36(30)49/h1-26H. The fourth-order valence-corrected chi connectivity index (χ4v) is 7.58. The van der Waals surface area contributed by atoms with E-state index in [1.165, 1.54) is 10.8 Å². The number of rotatable bonds is 4. The molecule has 0 spiro atoms. The Morgan fingerprint density at radius 2 is 1.00 bits per heavy atom. The Balaban J connectivity index is 1.16. The molecule has 0 N–H and O–H groups in total. The lowest BCUT2D eigenvalue weighted by atomic mass is 10.0. The van der Waals surface area contributed by atoms with E-state index in [4.69, 9.17) is 23.8 Å². The number of furan rings is 2. The summed E-state index contributed by atoms with van der Waals surface area (Å²) in [6.07, 6.45) is 0. The zero-order valence-electron chi connectivity index (χ0n) is 27.1. The maximum atomic E-state index is 6.77. The lowest BCUT2D eigenvalue weighted by Gasteiger charge is -2.10. The van der Waals surface area contributed by atoms with Crippen molar-refractivity contribution in [3.8, 4) is 39.9 Å². The largest absolute Gasteiger partial charge is 0.456 e. The molecule has 238 valence electrons. The summed E-state index contributed by atoms with van der Waals surface area (Å²) in [5.74, 6) is 1.76. The van der Waals surface area contributed by atoms with E-state index in [1.807, 2.05) is 72.8 Å². The monoisotopic (exact) mass is 654 g/mol. The minimum absolute atomic E-state index is 0.576. The molecule has 0 fully saturated rings. The first-order valence-electron chi connectivity index (χ1n) is 16.9. The highest BCUT2D eigenvalue weighted by Crippen LogP contribution is 2.41. The molecule has 0 bridgehead atoms. The van der Waals surface area contributed by atoms with Crippen LogP contribution in [0.3, 0.4) is 0 Å². The molecular formula is C45H26N4O2. The number of hydrogen-bond donors (Lipinski definition) is 0. The molecule has 6 heteroatoms. The summed E-state index contributed by atoms with van der Waals surface area (Å²) in [6, 6.07) is 53.8. The van der Waals surface area contributed by atoms with Crippen LogP contribution in [0.25, 0.3) is 106 Å². The molecule has 0 amide bonds. The highest BCUT2D eigenvalue weighted by molar-refractivity contribution is 6.16. The number of benzene rings is 7. The van der Waals surface area contributed by atoms with Crippen LogP contribution in [-0.2, 0) is 0 Å². The van der Waals surface area contributed by atoms with Crippen molar-refractivity contribution in [3.05, 3.63) is 158 Å². The topological polar surface area (TPSA) is 69.9 Å². The van der Waals surface area contributed by atoms with E-state index in [0.717, 1.165) is 77.3 Å². The Labute approximate surface area is 290 Å². The molecule has 0 atom stereocenters. The van der Waals surface area contributed by atoms with E-state index < -0.39 is 0 Å². The second kappa shape index (κ2) is 10.7. The highest BCUT2D eigenvalue weighted by Gasteiger charge is 2.21. The predicted octanol–water partition coefficient (Wildman–Crippen LogP) is 11.8. The number of para-hydroxylation sites is 4. The van der Waals surface area contributed by atoms with Crippen LogP contribution in [-0.4, -0.2) is 19.5 Å². The molecule has 0 aliphatic carbocycles. The highest BCUT2D eigenvalue weighted by atomic mass is 16.3. The molecule has 11 aromatic rings. The summed E-state index contributed by atoms with van der Waals surface area (Å²) >= 11 is 0. The molecule has 7 aromatic carbocycles. The second-order valence-corrected chi connectivity index (χ2v) is 12.8. The third-order valence-electron chi connectivity index (χ3n) is 9.87. The first kappa shape index (κ1) is 27.9.